The van der Waals surface area contributed by atoms with Crippen molar-refractivity contribution >= 4 is 6.29 Å². The first-order valence-electron chi connectivity index (χ1n) is 10.1. The second-order valence-electron chi connectivity index (χ2n) is 6.38. The zero-order valence-electron chi connectivity index (χ0n) is 16.2. The highest BCUT2D eigenvalue weighted by molar-refractivity contribution is 5.66. The van der Waals surface area contributed by atoms with Gasteiger partial charge in [-0.05, 0) is 18.9 Å². The van der Waals surface area contributed by atoms with Gasteiger partial charge in [0.05, 0.1) is 0 Å². The van der Waals surface area contributed by atoms with Gasteiger partial charge in [0.1, 0.15) is 0 Å². The summed E-state index contributed by atoms with van der Waals surface area (Å²) in [7, 11) is 0. The fraction of sp³-hybridized carbons (Fsp3) is 0.542. The van der Waals surface area contributed by atoms with Crippen LogP contribution >= 0.6 is 0 Å². The molecule has 0 fully saturated rings. The largest absolute Gasteiger partial charge is 0.286 e. The minimum atomic E-state index is 1.18. The Labute approximate surface area is 156 Å². The van der Waals surface area contributed by atoms with Crippen molar-refractivity contribution in [1.29, 1.82) is 0 Å². The number of rotatable bonds is 17. The van der Waals surface area contributed by atoms with Crippen molar-refractivity contribution in [2.24, 2.45) is 0 Å². The van der Waals surface area contributed by atoms with Gasteiger partial charge in [0.25, 0.3) is 0 Å². The maximum Gasteiger partial charge on any atom is 0.225 e. The molecule has 0 heterocycles. The fourth-order valence-electron chi connectivity index (χ4n) is 2.58. The van der Waals surface area contributed by atoms with E-state index < -0.39 is 0 Å². The van der Waals surface area contributed by atoms with Crippen molar-refractivity contribution in [2.45, 2.75) is 84.0 Å². The molecule has 139 valence electrons. The molecule has 1 heteroatoms. The van der Waals surface area contributed by atoms with E-state index in [0.717, 1.165) is 0 Å². The average Bonchev–Trinajstić information content (AvgIpc) is 2.63. The van der Waals surface area contributed by atoms with Crippen molar-refractivity contribution in [3.63, 3.8) is 0 Å². The third-order valence-electron chi connectivity index (χ3n) is 4.05. The topological polar surface area (TPSA) is 17.1 Å². The number of hydrogen-bond acceptors (Lipinski definition) is 1. The molecule has 0 rings (SSSR count). The Kier molecular flexibility index (Phi) is 20.9. The van der Waals surface area contributed by atoms with Gasteiger partial charge in [-0.1, -0.05) is 126 Å². The van der Waals surface area contributed by atoms with Crippen LogP contribution in [0, 0.1) is 0 Å². The molecule has 0 aromatic carbocycles. The number of carbonyl (C=O) groups excluding carboxylic acids is 1. The van der Waals surface area contributed by atoms with E-state index in [1.165, 1.54) is 83.1 Å². The van der Waals surface area contributed by atoms with Crippen LogP contribution in [0.5, 0.6) is 0 Å². The molecule has 0 aliphatic rings. The van der Waals surface area contributed by atoms with Gasteiger partial charge < -0.3 is 0 Å². The molecule has 1 nitrogen and oxygen atoms in total. The maximum absolute atomic E-state index is 9.92. The van der Waals surface area contributed by atoms with Crippen molar-refractivity contribution < 1.29 is 4.79 Å². The first-order valence-corrected chi connectivity index (χ1v) is 10.1. The fourth-order valence-corrected chi connectivity index (χ4v) is 2.58. The van der Waals surface area contributed by atoms with Gasteiger partial charge in [0.2, 0.25) is 6.29 Å². The van der Waals surface area contributed by atoms with E-state index in [9.17, 15) is 4.79 Å². The summed E-state index contributed by atoms with van der Waals surface area (Å²) in [6.45, 7) is 2.28. The summed E-state index contributed by atoms with van der Waals surface area (Å²) in [5.41, 5.74) is 0. The summed E-state index contributed by atoms with van der Waals surface area (Å²) < 4.78 is 0. The quantitative estimate of drug-likeness (QED) is 0.151. The maximum atomic E-state index is 9.92. The molecule has 1 radical (unpaired) electrons. The lowest BCUT2D eigenvalue weighted by Crippen LogP contribution is -1.81. The normalized spacial score (nSPS) is 12.7. The molecular weight excluding hydrogens is 304 g/mol. The lowest BCUT2D eigenvalue weighted by Gasteiger charge is -2.01. The average molecular weight is 342 g/mol. The number of unbranched alkanes of at least 4 members (excludes halogenated alkanes) is 11. The molecule has 0 atom stereocenters. The Morgan fingerprint density at radius 2 is 1.00 bits per heavy atom. The van der Waals surface area contributed by atoms with E-state index in [1.54, 1.807) is 18.4 Å². The van der Waals surface area contributed by atoms with Gasteiger partial charge in [-0.25, -0.2) is 0 Å². The summed E-state index contributed by atoms with van der Waals surface area (Å²) in [4.78, 5) is 9.92. The summed E-state index contributed by atoms with van der Waals surface area (Å²) in [5.74, 6) is 0. The standard InChI is InChI=1S/C24H37O/c1-2-3-4-5-6-7-8-9-10-11-12-13-14-15-16-17-18-19-20-21-22-23-24-25/h14-23H,2-13H2,1H3. The molecule has 0 bridgehead atoms. The first-order chi connectivity index (χ1) is 12.4. The van der Waals surface area contributed by atoms with Crippen molar-refractivity contribution in [1.82, 2.24) is 0 Å². The summed E-state index contributed by atoms with van der Waals surface area (Å²) in [5, 5.41) is 0. The van der Waals surface area contributed by atoms with Gasteiger partial charge in [0.15, 0.2) is 0 Å². The van der Waals surface area contributed by atoms with Crippen LogP contribution in [0.4, 0.5) is 0 Å². The summed E-state index contributed by atoms with van der Waals surface area (Å²) >= 11 is 0. The molecule has 0 aromatic rings. The van der Waals surface area contributed by atoms with Gasteiger partial charge in [-0.2, -0.15) is 0 Å². The zero-order chi connectivity index (χ0) is 18.3. The highest BCUT2D eigenvalue weighted by atomic mass is 16.1. The van der Waals surface area contributed by atoms with E-state index in [0.29, 0.717) is 0 Å². The minimum absolute atomic E-state index is 1.18. The van der Waals surface area contributed by atoms with Gasteiger partial charge in [-0.15, -0.1) is 0 Å². The SMILES string of the molecule is CCCCCCCCCCCCCC=CC=CC=CC=CC=C[C]=O. The molecule has 0 amide bonds. The molecule has 0 aromatic heterocycles. The van der Waals surface area contributed by atoms with Crippen molar-refractivity contribution in [3.8, 4) is 0 Å². The third-order valence-corrected chi connectivity index (χ3v) is 4.05. The molecule has 0 unspecified atom stereocenters. The zero-order valence-corrected chi connectivity index (χ0v) is 16.2. The van der Waals surface area contributed by atoms with Gasteiger partial charge in [0, 0.05) is 0 Å². The number of allylic oxidation sites excluding steroid dienone is 10. The van der Waals surface area contributed by atoms with Gasteiger partial charge in [-0.3, -0.25) is 4.79 Å². The van der Waals surface area contributed by atoms with Crippen molar-refractivity contribution in [2.75, 3.05) is 0 Å². The van der Waals surface area contributed by atoms with E-state index in [2.05, 4.69) is 25.2 Å². The lowest BCUT2D eigenvalue weighted by atomic mass is 10.1. The Balaban J connectivity index is 3.33. The Hall–Kier alpha value is -1.63. The summed E-state index contributed by atoms with van der Waals surface area (Å²) in [6, 6.07) is 0. The Morgan fingerprint density at radius 3 is 1.52 bits per heavy atom. The Bertz CT molecular complexity index is 410. The van der Waals surface area contributed by atoms with E-state index in [-0.39, 0.29) is 0 Å². The molecule has 0 aliphatic carbocycles. The van der Waals surface area contributed by atoms with Crippen LogP contribution in [0.3, 0.4) is 0 Å². The number of hydrogen-bond donors (Lipinski definition) is 0. The second kappa shape index (κ2) is 22.4. The van der Waals surface area contributed by atoms with E-state index in [1.807, 2.05) is 24.3 Å². The predicted molar refractivity (Wildman–Crippen MR) is 112 cm³/mol. The molecule has 0 spiro atoms. The van der Waals surface area contributed by atoms with Crippen LogP contribution in [0.2, 0.25) is 0 Å². The monoisotopic (exact) mass is 341 g/mol. The molecular formula is C24H37O. The molecule has 0 N–H and O–H groups in total. The van der Waals surface area contributed by atoms with Crippen LogP contribution in [-0.2, 0) is 4.79 Å². The van der Waals surface area contributed by atoms with Crippen LogP contribution in [0.25, 0.3) is 0 Å². The lowest BCUT2D eigenvalue weighted by molar-refractivity contribution is 0.550. The Morgan fingerprint density at radius 1 is 0.560 bits per heavy atom. The molecule has 0 saturated carbocycles. The van der Waals surface area contributed by atoms with Crippen LogP contribution < -0.4 is 0 Å². The van der Waals surface area contributed by atoms with Crippen LogP contribution in [0.15, 0.2) is 60.8 Å². The molecule has 0 aliphatic heterocycles. The molecule has 0 saturated heterocycles. The van der Waals surface area contributed by atoms with Crippen LogP contribution in [0.1, 0.15) is 84.0 Å². The molecule has 25 heavy (non-hydrogen) atoms. The van der Waals surface area contributed by atoms with Gasteiger partial charge >= 0.3 is 0 Å². The van der Waals surface area contributed by atoms with Crippen molar-refractivity contribution in [3.05, 3.63) is 60.8 Å². The summed E-state index contributed by atoms with van der Waals surface area (Å²) in [6.07, 6.45) is 37.3. The second-order valence-corrected chi connectivity index (χ2v) is 6.38. The first kappa shape index (κ1) is 23.4. The third kappa shape index (κ3) is 22.4. The highest BCUT2D eigenvalue weighted by Gasteiger charge is 1.92. The van der Waals surface area contributed by atoms with E-state index >= 15 is 0 Å². The minimum Gasteiger partial charge on any atom is -0.286 e. The smallest absolute Gasteiger partial charge is 0.225 e. The van der Waals surface area contributed by atoms with Crippen LogP contribution in [-0.4, -0.2) is 6.29 Å². The predicted octanol–water partition coefficient (Wildman–Crippen LogP) is 7.58. The van der Waals surface area contributed by atoms with E-state index in [4.69, 9.17) is 0 Å². The highest BCUT2D eigenvalue weighted by Crippen LogP contribution is 2.11.